The van der Waals surface area contributed by atoms with Crippen molar-refractivity contribution < 1.29 is 18.0 Å². The molecule has 0 radical (unpaired) electrons. The molecule has 0 unspecified atom stereocenters. The fraction of sp³-hybridized carbons (Fsp3) is 0.650. The zero-order chi connectivity index (χ0) is 19.6. The highest BCUT2D eigenvalue weighted by atomic mass is 19.4. The molecule has 2 fully saturated rings. The van der Waals surface area contributed by atoms with Crippen LogP contribution >= 0.6 is 0 Å². The number of benzene rings is 1. The van der Waals surface area contributed by atoms with Gasteiger partial charge in [-0.1, -0.05) is 13.3 Å². The second kappa shape index (κ2) is 8.09. The van der Waals surface area contributed by atoms with Gasteiger partial charge >= 0.3 is 6.18 Å². The molecule has 2 aliphatic rings. The Kier molecular flexibility index (Phi) is 5.99. The molecule has 1 heterocycles. The Balaban J connectivity index is 1.64. The zero-order valence-corrected chi connectivity index (χ0v) is 15.9. The number of halogens is 3. The van der Waals surface area contributed by atoms with Gasteiger partial charge in [0.15, 0.2) is 0 Å². The number of carbonyl (C=O) groups is 1. The highest BCUT2D eigenvalue weighted by Gasteiger charge is 2.43. The molecular weight excluding hydrogens is 355 g/mol. The van der Waals surface area contributed by atoms with E-state index in [2.05, 4.69) is 22.5 Å². The van der Waals surface area contributed by atoms with Gasteiger partial charge in [0.25, 0.3) is 0 Å². The largest absolute Gasteiger partial charge is 0.416 e. The Labute approximate surface area is 158 Å². The molecule has 1 saturated heterocycles. The van der Waals surface area contributed by atoms with Crippen LogP contribution in [0.1, 0.15) is 38.2 Å². The van der Waals surface area contributed by atoms with Crippen molar-refractivity contribution in [2.45, 2.75) is 50.9 Å². The van der Waals surface area contributed by atoms with Crippen molar-refractivity contribution in [1.29, 1.82) is 0 Å². The molecule has 1 amide bonds. The molecule has 3 rings (SSSR count). The maximum atomic E-state index is 12.8. The smallest absolute Gasteiger partial charge is 0.371 e. The summed E-state index contributed by atoms with van der Waals surface area (Å²) < 4.78 is 38.3. The summed E-state index contributed by atoms with van der Waals surface area (Å²) in [6.07, 6.45) is -0.428. The number of amides is 1. The summed E-state index contributed by atoms with van der Waals surface area (Å²) in [7, 11) is 1.66. The van der Waals surface area contributed by atoms with Crippen LogP contribution < -0.4 is 15.5 Å². The van der Waals surface area contributed by atoms with Gasteiger partial charge in [-0.2, -0.15) is 13.2 Å². The van der Waals surface area contributed by atoms with Gasteiger partial charge in [-0.15, -0.1) is 0 Å². The Morgan fingerprint density at radius 1 is 1.22 bits per heavy atom. The molecule has 0 bridgehead atoms. The maximum Gasteiger partial charge on any atom is 0.416 e. The SMILES string of the molecule is CCC[C@H](N[C@H]1CC[C@@H]2CN(c3ccc(C(F)(F)F)cc3)C[C@@H]21)C(=O)NC. The van der Waals surface area contributed by atoms with Gasteiger partial charge in [0.2, 0.25) is 5.91 Å². The molecule has 0 spiro atoms. The standard InChI is InChI=1S/C20H28F3N3O/c1-3-4-18(19(27)24-2)25-17-10-5-13-11-26(12-16(13)17)15-8-6-14(7-9-15)20(21,22)23/h6-9,13,16-18,25H,3-5,10-12H2,1-2H3,(H,24,27)/t13-,16+,17+,18+/m1/s1. The van der Waals surface area contributed by atoms with Gasteiger partial charge in [0.1, 0.15) is 0 Å². The number of nitrogens with one attached hydrogen (secondary N) is 2. The number of hydrogen-bond acceptors (Lipinski definition) is 3. The fourth-order valence-corrected chi connectivity index (χ4v) is 4.56. The lowest BCUT2D eigenvalue weighted by molar-refractivity contribution is -0.137. The molecule has 4 nitrogen and oxygen atoms in total. The Hall–Kier alpha value is -1.76. The molecule has 0 aromatic heterocycles. The van der Waals surface area contributed by atoms with Crippen molar-refractivity contribution in [3.05, 3.63) is 29.8 Å². The Morgan fingerprint density at radius 2 is 1.93 bits per heavy atom. The van der Waals surface area contributed by atoms with Crippen LogP contribution in [0.5, 0.6) is 0 Å². The Bertz CT molecular complexity index is 647. The quantitative estimate of drug-likeness (QED) is 0.791. The summed E-state index contributed by atoms with van der Waals surface area (Å²) in [5, 5.41) is 6.28. The number of carbonyl (C=O) groups excluding carboxylic acids is 1. The van der Waals surface area contributed by atoms with Crippen LogP contribution in [-0.4, -0.2) is 38.1 Å². The molecule has 7 heteroatoms. The van der Waals surface area contributed by atoms with E-state index in [1.54, 1.807) is 19.2 Å². The first kappa shape index (κ1) is 20.0. The van der Waals surface area contributed by atoms with Crippen molar-refractivity contribution in [3.63, 3.8) is 0 Å². The van der Waals surface area contributed by atoms with Gasteiger partial charge in [0.05, 0.1) is 11.6 Å². The molecule has 1 saturated carbocycles. The number of anilines is 1. The van der Waals surface area contributed by atoms with E-state index in [0.717, 1.165) is 56.6 Å². The first-order valence-electron chi connectivity index (χ1n) is 9.73. The van der Waals surface area contributed by atoms with E-state index < -0.39 is 11.7 Å². The average Bonchev–Trinajstić information content (AvgIpc) is 3.22. The van der Waals surface area contributed by atoms with E-state index >= 15 is 0 Å². The van der Waals surface area contributed by atoms with Crippen molar-refractivity contribution in [2.24, 2.45) is 11.8 Å². The molecule has 1 aliphatic heterocycles. The summed E-state index contributed by atoms with van der Waals surface area (Å²) >= 11 is 0. The third-order valence-corrected chi connectivity index (χ3v) is 5.97. The van der Waals surface area contributed by atoms with Gasteiger partial charge in [-0.3, -0.25) is 4.79 Å². The van der Waals surface area contributed by atoms with Gasteiger partial charge < -0.3 is 15.5 Å². The van der Waals surface area contributed by atoms with Gasteiger partial charge in [0, 0.05) is 31.9 Å². The van der Waals surface area contributed by atoms with E-state index in [-0.39, 0.29) is 18.0 Å². The topological polar surface area (TPSA) is 44.4 Å². The first-order valence-corrected chi connectivity index (χ1v) is 9.73. The van der Waals surface area contributed by atoms with Crippen molar-refractivity contribution in [3.8, 4) is 0 Å². The first-order chi connectivity index (χ1) is 12.8. The zero-order valence-electron chi connectivity index (χ0n) is 15.9. The van der Waals surface area contributed by atoms with E-state index in [9.17, 15) is 18.0 Å². The fourth-order valence-electron chi connectivity index (χ4n) is 4.56. The predicted octanol–water partition coefficient (Wildman–Crippen LogP) is 3.42. The van der Waals surface area contributed by atoms with Crippen LogP contribution in [0.3, 0.4) is 0 Å². The minimum Gasteiger partial charge on any atom is -0.371 e. The number of hydrogen-bond donors (Lipinski definition) is 2. The molecule has 1 aliphatic carbocycles. The minimum atomic E-state index is -4.30. The molecule has 27 heavy (non-hydrogen) atoms. The molecule has 150 valence electrons. The summed E-state index contributed by atoms with van der Waals surface area (Å²) in [6, 6.07) is 5.55. The van der Waals surface area contributed by atoms with Crippen molar-refractivity contribution >= 4 is 11.6 Å². The summed E-state index contributed by atoms with van der Waals surface area (Å²) in [4.78, 5) is 14.3. The lowest BCUT2D eigenvalue weighted by Gasteiger charge is -2.27. The lowest BCUT2D eigenvalue weighted by Crippen LogP contribution is -2.49. The van der Waals surface area contributed by atoms with Crippen LogP contribution in [0.25, 0.3) is 0 Å². The van der Waals surface area contributed by atoms with E-state index in [4.69, 9.17) is 0 Å². The van der Waals surface area contributed by atoms with Crippen LogP contribution in [0.4, 0.5) is 18.9 Å². The minimum absolute atomic E-state index is 0.0258. The molecule has 1 aromatic rings. The van der Waals surface area contributed by atoms with Crippen molar-refractivity contribution in [1.82, 2.24) is 10.6 Å². The molecule has 1 aromatic carbocycles. The number of fused-ring (bicyclic) bond motifs is 1. The Morgan fingerprint density at radius 3 is 2.52 bits per heavy atom. The summed E-state index contributed by atoms with van der Waals surface area (Å²) in [5.74, 6) is 0.978. The molecule has 2 N–H and O–H groups in total. The number of rotatable bonds is 6. The van der Waals surface area contributed by atoms with Gasteiger partial charge in [-0.25, -0.2) is 0 Å². The van der Waals surface area contributed by atoms with Gasteiger partial charge in [-0.05, 0) is 55.4 Å². The second-order valence-corrected chi connectivity index (χ2v) is 7.68. The number of alkyl halides is 3. The third-order valence-electron chi connectivity index (χ3n) is 5.97. The van der Waals surface area contributed by atoms with E-state index in [1.165, 1.54) is 0 Å². The van der Waals surface area contributed by atoms with Crippen LogP contribution in [-0.2, 0) is 11.0 Å². The van der Waals surface area contributed by atoms with Crippen molar-refractivity contribution in [2.75, 3.05) is 25.0 Å². The predicted molar refractivity (Wildman–Crippen MR) is 99.6 cm³/mol. The van der Waals surface area contributed by atoms with Crippen LogP contribution in [0, 0.1) is 11.8 Å². The van der Waals surface area contributed by atoms with Crippen LogP contribution in [0.2, 0.25) is 0 Å². The molecular formula is C20H28F3N3O. The van der Waals surface area contributed by atoms with Crippen LogP contribution in [0.15, 0.2) is 24.3 Å². The molecule has 4 atom stereocenters. The monoisotopic (exact) mass is 383 g/mol. The van der Waals surface area contributed by atoms with E-state index in [1.807, 2.05) is 0 Å². The normalized spacial score (nSPS) is 26.1. The highest BCUT2D eigenvalue weighted by Crippen LogP contribution is 2.40. The lowest BCUT2D eigenvalue weighted by atomic mass is 9.96. The highest BCUT2D eigenvalue weighted by molar-refractivity contribution is 5.81. The third kappa shape index (κ3) is 4.39. The second-order valence-electron chi connectivity index (χ2n) is 7.68. The van der Waals surface area contributed by atoms with E-state index in [0.29, 0.717) is 11.8 Å². The number of nitrogens with zero attached hydrogens (tertiary/aromatic N) is 1. The maximum absolute atomic E-state index is 12.8. The average molecular weight is 383 g/mol. The number of likely N-dealkylation sites (N-methyl/N-ethyl adjacent to an activating group) is 1. The summed E-state index contributed by atoms with van der Waals surface area (Å²) in [6.45, 7) is 3.75. The summed E-state index contributed by atoms with van der Waals surface area (Å²) in [5.41, 5.74) is 0.228.